The maximum absolute atomic E-state index is 6.78. The van der Waals surface area contributed by atoms with Gasteiger partial charge in [-0.05, 0) is 30.2 Å². The molecule has 72 valence electrons. The monoisotopic (exact) mass is 178 g/mol. The first kappa shape index (κ1) is 11.7. The number of hydrogen-bond donors (Lipinski definition) is 2. The minimum absolute atomic E-state index is 1.05. The van der Waals surface area contributed by atoms with Gasteiger partial charge < -0.3 is 10.4 Å². The summed E-state index contributed by atoms with van der Waals surface area (Å²) in [6, 6.07) is 2.08. The van der Waals surface area contributed by atoms with E-state index in [9.17, 15) is 0 Å². The van der Waals surface area contributed by atoms with Gasteiger partial charge in [0.05, 0.1) is 0 Å². The molecule has 0 fully saturated rings. The third kappa shape index (κ3) is 4.31. The highest BCUT2D eigenvalue weighted by Crippen LogP contribution is 2.04. The van der Waals surface area contributed by atoms with Gasteiger partial charge in [0, 0.05) is 18.1 Å². The van der Waals surface area contributed by atoms with Crippen LogP contribution in [0.4, 0.5) is 0 Å². The Morgan fingerprint density at radius 2 is 2.15 bits per heavy atom. The average molecular weight is 178 g/mol. The third-order valence-corrected chi connectivity index (χ3v) is 1.55. The van der Waals surface area contributed by atoms with Gasteiger partial charge in [-0.2, -0.15) is 0 Å². The molecule has 1 aromatic rings. The Labute approximate surface area is 80.2 Å². The first-order chi connectivity index (χ1) is 6.36. The molecular formula is C11H18N2. The number of rotatable bonds is 3. The Hall–Kier alpha value is -1.31. The van der Waals surface area contributed by atoms with Crippen LogP contribution in [-0.2, 0) is 6.42 Å². The summed E-state index contributed by atoms with van der Waals surface area (Å²) in [4.78, 5) is 3.10. The minimum atomic E-state index is 1.05. The topological polar surface area (TPSA) is 39.6 Å². The predicted octanol–water partition coefficient (Wildman–Crippen LogP) is 3.27. The first-order valence-electron chi connectivity index (χ1n) is 4.71. The Morgan fingerprint density at radius 3 is 2.62 bits per heavy atom. The molecule has 1 rings (SSSR count). The molecule has 2 heteroatoms. The zero-order valence-electron chi connectivity index (χ0n) is 8.59. The van der Waals surface area contributed by atoms with Crippen molar-refractivity contribution < 1.29 is 0 Å². The molecule has 0 aliphatic heterocycles. The molecule has 1 heterocycles. The molecule has 0 aromatic carbocycles. The molecule has 0 amide bonds. The second-order valence-electron chi connectivity index (χ2n) is 2.34. The lowest BCUT2D eigenvalue weighted by atomic mass is 10.2. The van der Waals surface area contributed by atoms with Crippen LogP contribution in [0.2, 0.25) is 0 Å². The van der Waals surface area contributed by atoms with Crippen molar-refractivity contribution in [1.29, 1.82) is 5.41 Å². The normalized spacial score (nSPS) is 9.46. The molecule has 13 heavy (non-hydrogen) atoms. The molecule has 0 saturated heterocycles. The van der Waals surface area contributed by atoms with Crippen LogP contribution in [0.25, 0.3) is 6.08 Å². The minimum Gasteiger partial charge on any atom is -0.361 e. The first-order valence-corrected chi connectivity index (χ1v) is 4.71. The smallest absolute Gasteiger partial charge is 0.0383 e. The summed E-state index contributed by atoms with van der Waals surface area (Å²) in [5, 5.41) is 6.78. The van der Waals surface area contributed by atoms with Gasteiger partial charge in [0.15, 0.2) is 0 Å². The molecule has 2 N–H and O–H groups in total. The Kier molecular flexibility index (Phi) is 6.60. The van der Waals surface area contributed by atoms with E-state index in [1.165, 1.54) is 11.8 Å². The molecule has 0 aliphatic carbocycles. The molecule has 0 saturated carbocycles. The lowest BCUT2D eigenvalue weighted by Gasteiger charge is -1.81. The van der Waals surface area contributed by atoms with Crippen molar-refractivity contribution in [1.82, 2.24) is 4.98 Å². The van der Waals surface area contributed by atoms with Crippen LogP contribution >= 0.6 is 0 Å². The van der Waals surface area contributed by atoms with E-state index in [2.05, 4.69) is 18.0 Å². The molecule has 0 spiro atoms. The maximum atomic E-state index is 6.78. The third-order valence-electron chi connectivity index (χ3n) is 1.55. The van der Waals surface area contributed by atoms with Crippen LogP contribution in [0.3, 0.4) is 0 Å². The Balaban J connectivity index is 0.000000671. The van der Waals surface area contributed by atoms with Crippen LogP contribution < -0.4 is 0 Å². The highest BCUT2D eigenvalue weighted by molar-refractivity contribution is 5.75. The average Bonchev–Trinajstić information content (AvgIpc) is 2.65. The van der Waals surface area contributed by atoms with Crippen molar-refractivity contribution in [2.24, 2.45) is 0 Å². The summed E-state index contributed by atoms with van der Waals surface area (Å²) in [5.41, 5.74) is 2.36. The summed E-state index contributed by atoms with van der Waals surface area (Å²) >= 11 is 0. The fourth-order valence-electron chi connectivity index (χ4n) is 0.911. The van der Waals surface area contributed by atoms with E-state index in [0.29, 0.717) is 0 Å². The van der Waals surface area contributed by atoms with E-state index >= 15 is 0 Å². The van der Waals surface area contributed by atoms with Gasteiger partial charge in [-0.3, -0.25) is 0 Å². The number of hydrogen-bond acceptors (Lipinski definition) is 1. The summed E-state index contributed by atoms with van der Waals surface area (Å²) in [6.45, 7) is 6.12. The number of aromatic amines is 1. The van der Waals surface area contributed by atoms with Crippen molar-refractivity contribution in [3.05, 3.63) is 29.6 Å². The van der Waals surface area contributed by atoms with E-state index in [-0.39, 0.29) is 0 Å². The van der Waals surface area contributed by atoms with E-state index in [0.717, 1.165) is 12.1 Å². The number of H-pyrrole nitrogens is 1. The predicted molar refractivity (Wildman–Crippen MR) is 59.3 cm³/mol. The molecule has 1 aromatic heterocycles. The summed E-state index contributed by atoms with van der Waals surface area (Å²) in [5.74, 6) is 0. The summed E-state index contributed by atoms with van der Waals surface area (Å²) in [6.07, 6.45) is 7.89. The fraction of sp³-hybridized carbons (Fsp3) is 0.364. The summed E-state index contributed by atoms with van der Waals surface area (Å²) < 4.78 is 0. The molecule has 0 bridgehead atoms. The number of allylic oxidation sites excluding steroid dienone is 1. The van der Waals surface area contributed by atoms with Crippen LogP contribution in [0, 0.1) is 5.41 Å². The van der Waals surface area contributed by atoms with Gasteiger partial charge in [-0.1, -0.05) is 20.8 Å². The largest absolute Gasteiger partial charge is 0.361 e. The highest BCUT2D eigenvalue weighted by Gasteiger charge is 1.91. The van der Waals surface area contributed by atoms with Gasteiger partial charge in [0.25, 0.3) is 0 Å². The van der Waals surface area contributed by atoms with Crippen LogP contribution in [0.1, 0.15) is 32.0 Å². The van der Waals surface area contributed by atoms with Gasteiger partial charge in [0.2, 0.25) is 0 Å². The lowest BCUT2D eigenvalue weighted by Crippen LogP contribution is -1.68. The van der Waals surface area contributed by atoms with Crippen molar-refractivity contribution in [2.75, 3.05) is 0 Å². The molecule has 2 nitrogen and oxygen atoms in total. The fourth-order valence-corrected chi connectivity index (χ4v) is 0.911. The quantitative estimate of drug-likeness (QED) is 0.667. The van der Waals surface area contributed by atoms with Gasteiger partial charge >= 0.3 is 0 Å². The van der Waals surface area contributed by atoms with E-state index < -0.39 is 0 Å². The lowest BCUT2D eigenvalue weighted by molar-refractivity contribution is 1.14. The number of aryl methyl sites for hydroxylation is 1. The maximum Gasteiger partial charge on any atom is 0.0383 e. The molecular weight excluding hydrogens is 160 g/mol. The molecule has 0 radical (unpaired) electrons. The van der Waals surface area contributed by atoms with Crippen molar-refractivity contribution in [2.45, 2.75) is 27.2 Å². The van der Waals surface area contributed by atoms with Gasteiger partial charge in [0.1, 0.15) is 0 Å². The zero-order chi connectivity index (χ0) is 10.1. The Bertz CT molecular complexity index is 259. The second-order valence-corrected chi connectivity index (χ2v) is 2.34. The standard InChI is InChI=1S/C9H12N2.C2H6/c1-2-8-6-9(11-7-8)4-3-5-10;1-2/h3-7,10-11H,2H2,1H3;1-2H3/b4-3-,10-5?;. The van der Waals surface area contributed by atoms with E-state index in [1.54, 1.807) is 6.08 Å². The highest BCUT2D eigenvalue weighted by atomic mass is 14.7. The van der Waals surface area contributed by atoms with Crippen LogP contribution in [0.15, 0.2) is 18.3 Å². The van der Waals surface area contributed by atoms with Gasteiger partial charge in [-0.25, -0.2) is 0 Å². The van der Waals surface area contributed by atoms with Crippen molar-refractivity contribution >= 4 is 12.3 Å². The number of aromatic nitrogens is 1. The SMILES string of the molecule is CC.CCc1c[nH]c(/C=C\C=N)c1. The van der Waals surface area contributed by atoms with Gasteiger partial charge in [-0.15, -0.1) is 0 Å². The van der Waals surface area contributed by atoms with Crippen LogP contribution in [0.5, 0.6) is 0 Å². The van der Waals surface area contributed by atoms with Crippen molar-refractivity contribution in [3.8, 4) is 0 Å². The molecule has 0 aliphatic rings. The van der Waals surface area contributed by atoms with E-state index in [1.807, 2.05) is 26.1 Å². The van der Waals surface area contributed by atoms with E-state index in [4.69, 9.17) is 5.41 Å². The molecule has 0 unspecified atom stereocenters. The number of nitrogens with one attached hydrogen (secondary N) is 2. The second kappa shape index (κ2) is 7.35. The van der Waals surface area contributed by atoms with Crippen molar-refractivity contribution in [3.63, 3.8) is 0 Å². The molecule has 0 atom stereocenters. The summed E-state index contributed by atoms with van der Waals surface area (Å²) in [7, 11) is 0. The Morgan fingerprint density at radius 1 is 1.46 bits per heavy atom. The zero-order valence-corrected chi connectivity index (χ0v) is 8.59. The van der Waals surface area contributed by atoms with Crippen LogP contribution in [-0.4, -0.2) is 11.2 Å².